The molecule has 0 heterocycles. The zero-order valence-electron chi connectivity index (χ0n) is 7.02. The molecule has 1 aromatic carbocycles. The number of nitrogens with zero attached hydrogens (tertiary/aromatic N) is 1. The van der Waals surface area contributed by atoms with E-state index in [4.69, 9.17) is 16.8 Å². The van der Waals surface area contributed by atoms with Gasteiger partial charge in [-0.05, 0) is 5.56 Å². The largest absolute Gasteiger partial charge is 0.411 e. The Kier molecular flexibility index (Phi) is 4.06. The highest BCUT2D eigenvalue weighted by molar-refractivity contribution is 6.19. The fourth-order valence-electron chi connectivity index (χ4n) is 1.01. The highest BCUT2D eigenvalue weighted by atomic mass is 35.5. The normalized spacial score (nSPS) is 11.5. The summed E-state index contributed by atoms with van der Waals surface area (Å²) < 4.78 is 0. The van der Waals surface area contributed by atoms with Gasteiger partial charge >= 0.3 is 0 Å². The molecule has 0 saturated heterocycles. The number of halogens is 1. The molecule has 0 fully saturated rings. The van der Waals surface area contributed by atoms with Gasteiger partial charge in [0.1, 0.15) is 0 Å². The van der Waals surface area contributed by atoms with Crippen LogP contribution in [0.5, 0.6) is 0 Å². The number of hydrogen-bond acceptors (Lipinski definition) is 2. The summed E-state index contributed by atoms with van der Waals surface area (Å²) in [5, 5.41) is 11.4. The fourth-order valence-corrected chi connectivity index (χ4v) is 1.10. The van der Waals surface area contributed by atoms with Gasteiger partial charge in [0.25, 0.3) is 0 Å². The first kappa shape index (κ1) is 9.81. The van der Waals surface area contributed by atoms with Gasteiger partial charge in [-0.15, -0.1) is 11.6 Å². The smallest absolute Gasteiger partial charge is 0.0739 e. The van der Waals surface area contributed by atoms with Gasteiger partial charge in [-0.25, -0.2) is 0 Å². The first-order chi connectivity index (χ1) is 6.38. The molecule has 2 nitrogen and oxygen atoms in total. The third kappa shape index (κ3) is 2.92. The minimum absolute atomic E-state index is 0.477. The molecule has 68 valence electrons. The predicted octanol–water partition coefficient (Wildman–Crippen LogP) is 2.75. The topological polar surface area (TPSA) is 32.6 Å². The zero-order chi connectivity index (χ0) is 9.52. The first-order valence-corrected chi connectivity index (χ1v) is 4.41. The fraction of sp³-hybridized carbons (Fsp3) is 0.100. The van der Waals surface area contributed by atoms with Gasteiger partial charge in [-0.1, -0.05) is 41.6 Å². The highest BCUT2D eigenvalue weighted by Gasteiger charge is 1.93. The first-order valence-electron chi connectivity index (χ1n) is 3.87. The number of oxime groups is 1. The third-order valence-electron chi connectivity index (χ3n) is 1.58. The van der Waals surface area contributed by atoms with Gasteiger partial charge in [-0.3, -0.25) is 0 Å². The highest BCUT2D eigenvalue weighted by Crippen LogP contribution is 2.08. The molecule has 0 atom stereocenters. The van der Waals surface area contributed by atoms with Crippen LogP contribution in [0.2, 0.25) is 0 Å². The molecule has 0 aliphatic heterocycles. The minimum Gasteiger partial charge on any atom is -0.411 e. The van der Waals surface area contributed by atoms with E-state index in [0.29, 0.717) is 5.88 Å². The van der Waals surface area contributed by atoms with Gasteiger partial charge in [0.15, 0.2) is 0 Å². The van der Waals surface area contributed by atoms with Crippen LogP contribution in [0.4, 0.5) is 0 Å². The van der Waals surface area contributed by atoms with Crippen molar-refractivity contribution in [3.63, 3.8) is 0 Å². The minimum atomic E-state index is 0.477. The Morgan fingerprint density at radius 2 is 2.00 bits per heavy atom. The van der Waals surface area contributed by atoms with Gasteiger partial charge in [0, 0.05) is 11.4 Å². The SMILES string of the molecule is ON=Cc1ccccc1C=CCCl. The molecule has 1 rings (SSSR count). The third-order valence-corrected chi connectivity index (χ3v) is 1.76. The van der Waals surface area contributed by atoms with E-state index < -0.39 is 0 Å². The van der Waals surface area contributed by atoms with Crippen LogP contribution in [0.3, 0.4) is 0 Å². The maximum Gasteiger partial charge on any atom is 0.0739 e. The molecular formula is C10H10ClNO. The van der Waals surface area contributed by atoms with Crippen LogP contribution >= 0.6 is 11.6 Å². The van der Waals surface area contributed by atoms with E-state index >= 15 is 0 Å². The standard InChI is InChI=1S/C10H10ClNO/c11-7-3-6-9-4-1-2-5-10(9)8-12-13/h1-6,8,13H,7H2. The molecule has 0 amide bonds. The molecule has 1 aromatic rings. The Hall–Kier alpha value is -1.28. The lowest BCUT2D eigenvalue weighted by Gasteiger charge is -1.97. The zero-order valence-corrected chi connectivity index (χ0v) is 7.78. The van der Waals surface area contributed by atoms with Crippen molar-refractivity contribution < 1.29 is 5.21 Å². The van der Waals surface area contributed by atoms with E-state index in [9.17, 15) is 0 Å². The van der Waals surface area contributed by atoms with Crippen LogP contribution in [0.15, 0.2) is 35.5 Å². The maximum absolute atomic E-state index is 8.39. The molecule has 0 aromatic heterocycles. The summed E-state index contributed by atoms with van der Waals surface area (Å²) in [4.78, 5) is 0. The molecule has 1 N–H and O–H groups in total. The van der Waals surface area contributed by atoms with Crippen molar-refractivity contribution in [3.05, 3.63) is 41.5 Å². The maximum atomic E-state index is 8.39. The van der Waals surface area contributed by atoms with Gasteiger partial charge in [-0.2, -0.15) is 0 Å². The van der Waals surface area contributed by atoms with Crippen molar-refractivity contribution in [2.75, 3.05) is 5.88 Å². The van der Waals surface area contributed by atoms with Gasteiger partial charge in [0.2, 0.25) is 0 Å². The summed E-state index contributed by atoms with van der Waals surface area (Å²) in [7, 11) is 0. The summed E-state index contributed by atoms with van der Waals surface area (Å²) in [6.07, 6.45) is 5.13. The van der Waals surface area contributed by atoms with Crippen molar-refractivity contribution in [1.29, 1.82) is 0 Å². The lowest BCUT2D eigenvalue weighted by Crippen LogP contribution is -1.85. The van der Waals surface area contributed by atoms with E-state index in [1.165, 1.54) is 6.21 Å². The Labute approximate surface area is 82.1 Å². The summed E-state index contributed by atoms with van der Waals surface area (Å²) in [5.41, 5.74) is 1.85. The lowest BCUT2D eigenvalue weighted by atomic mass is 10.1. The molecule has 0 spiro atoms. The summed E-state index contributed by atoms with van der Waals surface area (Å²) in [6.45, 7) is 0. The number of benzene rings is 1. The molecule has 13 heavy (non-hydrogen) atoms. The second-order valence-corrected chi connectivity index (χ2v) is 2.74. The average molecular weight is 196 g/mol. The summed E-state index contributed by atoms with van der Waals surface area (Å²) in [6, 6.07) is 7.60. The van der Waals surface area contributed by atoms with Crippen LogP contribution in [-0.4, -0.2) is 17.3 Å². The van der Waals surface area contributed by atoms with Crippen LogP contribution in [0, 0.1) is 0 Å². The molecule has 0 aliphatic rings. The molecule has 0 unspecified atom stereocenters. The van der Waals surface area contributed by atoms with E-state index in [1.807, 2.05) is 36.4 Å². The molecule has 3 heteroatoms. The average Bonchev–Trinajstić information content (AvgIpc) is 2.17. The molecule has 0 radical (unpaired) electrons. The van der Waals surface area contributed by atoms with E-state index in [2.05, 4.69) is 5.16 Å². The quantitative estimate of drug-likeness (QED) is 0.342. The van der Waals surface area contributed by atoms with Gasteiger partial charge < -0.3 is 5.21 Å². The van der Waals surface area contributed by atoms with Crippen molar-refractivity contribution >= 4 is 23.9 Å². The van der Waals surface area contributed by atoms with Crippen LogP contribution in [0.1, 0.15) is 11.1 Å². The Bertz CT molecular complexity index is 320. The monoisotopic (exact) mass is 195 g/mol. The van der Waals surface area contributed by atoms with Crippen molar-refractivity contribution in [1.82, 2.24) is 0 Å². The van der Waals surface area contributed by atoms with Gasteiger partial charge in [0.05, 0.1) is 6.21 Å². The van der Waals surface area contributed by atoms with E-state index in [1.54, 1.807) is 0 Å². The molecule has 0 bridgehead atoms. The van der Waals surface area contributed by atoms with Crippen LogP contribution in [-0.2, 0) is 0 Å². The Balaban J connectivity index is 2.97. The number of alkyl halides is 1. The predicted molar refractivity (Wildman–Crippen MR) is 55.6 cm³/mol. The Morgan fingerprint density at radius 1 is 1.31 bits per heavy atom. The van der Waals surface area contributed by atoms with Crippen LogP contribution in [0.25, 0.3) is 6.08 Å². The molecular weight excluding hydrogens is 186 g/mol. The summed E-state index contributed by atoms with van der Waals surface area (Å²) in [5.74, 6) is 0.477. The molecule has 0 aliphatic carbocycles. The number of rotatable bonds is 3. The van der Waals surface area contributed by atoms with E-state index in [0.717, 1.165) is 11.1 Å². The Morgan fingerprint density at radius 3 is 2.62 bits per heavy atom. The lowest BCUT2D eigenvalue weighted by molar-refractivity contribution is 0.322. The number of allylic oxidation sites excluding steroid dienone is 1. The molecule has 0 saturated carbocycles. The second kappa shape index (κ2) is 5.38. The van der Waals surface area contributed by atoms with Crippen molar-refractivity contribution in [3.8, 4) is 0 Å². The second-order valence-electron chi connectivity index (χ2n) is 2.43. The van der Waals surface area contributed by atoms with Crippen LogP contribution < -0.4 is 0 Å². The number of hydrogen-bond donors (Lipinski definition) is 1. The van der Waals surface area contributed by atoms with Crippen molar-refractivity contribution in [2.24, 2.45) is 5.16 Å². The van der Waals surface area contributed by atoms with E-state index in [-0.39, 0.29) is 0 Å². The summed E-state index contributed by atoms with van der Waals surface area (Å²) >= 11 is 5.51. The van der Waals surface area contributed by atoms with Crippen molar-refractivity contribution in [2.45, 2.75) is 0 Å².